The molecule has 0 amide bonds. The second-order valence-electron chi connectivity index (χ2n) is 9.43. The highest BCUT2D eigenvalue weighted by molar-refractivity contribution is 7.92. The molecule has 0 saturated carbocycles. The van der Waals surface area contributed by atoms with E-state index in [1.165, 1.54) is 12.1 Å². The minimum atomic E-state index is -3.33. The highest BCUT2D eigenvalue weighted by atomic mass is 32.2. The molecule has 156 valence electrons. The molecule has 0 N–H and O–H groups in total. The normalized spacial score (nSPS) is 23.3. The van der Waals surface area contributed by atoms with Gasteiger partial charge in [-0.3, -0.25) is 0 Å². The molecule has 0 aliphatic carbocycles. The van der Waals surface area contributed by atoms with E-state index in [2.05, 4.69) is 23.9 Å². The van der Waals surface area contributed by atoms with E-state index in [0.717, 1.165) is 38.9 Å². The van der Waals surface area contributed by atoms with E-state index in [0.29, 0.717) is 17.2 Å². The van der Waals surface area contributed by atoms with Crippen LogP contribution in [0, 0.1) is 5.92 Å². The molecule has 1 aromatic rings. The molecular weight excluding hydrogens is 372 g/mol. The minimum absolute atomic E-state index is 0.173. The van der Waals surface area contributed by atoms with Gasteiger partial charge >= 0.3 is 0 Å². The van der Waals surface area contributed by atoms with E-state index < -0.39 is 14.6 Å². The maximum atomic E-state index is 13.0. The van der Waals surface area contributed by atoms with Crippen LogP contribution in [-0.4, -0.2) is 49.0 Å². The Hall–Kier alpha value is -1.40. The standard InChI is InChI=1S/C22H34N2O3S/c1-21(2)16-20(23-27-21)18-10-8-14-24(17-18)15-9-13-22(3,4)28(25,26)19-11-6-5-7-12-19/h5-7,11-12,18H,8-10,13-17H2,1-4H3. The molecule has 2 heterocycles. The molecule has 2 aliphatic rings. The van der Waals surface area contributed by atoms with Crippen molar-refractivity contribution in [3.8, 4) is 0 Å². The van der Waals surface area contributed by atoms with Crippen LogP contribution in [0.3, 0.4) is 0 Å². The molecule has 0 aromatic heterocycles. The van der Waals surface area contributed by atoms with E-state index in [1.807, 2.05) is 19.9 Å². The zero-order chi connectivity index (χ0) is 20.4. The zero-order valence-corrected chi connectivity index (χ0v) is 18.5. The van der Waals surface area contributed by atoms with Crippen molar-refractivity contribution < 1.29 is 13.3 Å². The molecule has 2 aliphatic heterocycles. The average molecular weight is 407 g/mol. The summed E-state index contributed by atoms with van der Waals surface area (Å²) in [5, 5.41) is 4.34. The van der Waals surface area contributed by atoms with Crippen molar-refractivity contribution in [1.29, 1.82) is 0 Å². The number of oxime groups is 1. The van der Waals surface area contributed by atoms with E-state index in [-0.39, 0.29) is 5.60 Å². The number of hydrogen-bond acceptors (Lipinski definition) is 5. The lowest BCUT2D eigenvalue weighted by atomic mass is 9.88. The van der Waals surface area contributed by atoms with Crippen LogP contribution in [0.15, 0.2) is 40.4 Å². The maximum Gasteiger partial charge on any atom is 0.183 e. The van der Waals surface area contributed by atoms with Gasteiger partial charge in [-0.15, -0.1) is 0 Å². The summed E-state index contributed by atoms with van der Waals surface area (Å²) in [5.41, 5.74) is 1.02. The van der Waals surface area contributed by atoms with Crippen LogP contribution in [0.4, 0.5) is 0 Å². The van der Waals surface area contributed by atoms with Crippen molar-refractivity contribution in [1.82, 2.24) is 4.90 Å². The van der Waals surface area contributed by atoms with Crippen LogP contribution in [0.2, 0.25) is 0 Å². The lowest BCUT2D eigenvalue weighted by Crippen LogP contribution is -2.40. The van der Waals surface area contributed by atoms with E-state index in [4.69, 9.17) is 4.84 Å². The first kappa shape index (κ1) is 21.3. The predicted molar refractivity (Wildman–Crippen MR) is 113 cm³/mol. The fourth-order valence-corrected chi connectivity index (χ4v) is 5.78. The topological polar surface area (TPSA) is 59.0 Å². The molecule has 1 fully saturated rings. The van der Waals surface area contributed by atoms with Crippen LogP contribution in [-0.2, 0) is 14.7 Å². The number of rotatable bonds is 7. The Bertz CT molecular complexity index is 800. The number of likely N-dealkylation sites (tertiary alicyclic amines) is 1. The molecule has 28 heavy (non-hydrogen) atoms. The van der Waals surface area contributed by atoms with Crippen LogP contribution in [0.5, 0.6) is 0 Å². The number of sulfone groups is 1. The Morgan fingerprint density at radius 2 is 1.96 bits per heavy atom. The molecule has 5 nitrogen and oxygen atoms in total. The summed E-state index contributed by atoms with van der Waals surface area (Å²) in [4.78, 5) is 8.43. The fourth-order valence-electron chi connectivity index (χ4n) is 4.21. The van der Waals surface area contributed by atoms with Crippen LogP contribution in [0.1, 0.15) is 59.8 Å². The Morgan fingerprint density at radius 3 is 2.61 bits per heavy atom. The Labute approximate surface area is 170 Å². The smallest absolute Gasteiger partial charge is 0.183 e. The minimum Gasteiger partial charge on any atom is -0.389 e. The van der Waals surface area contributed by atoms with E-state index in [1.54, 1.807) is 24.3 Å². The largest absolute Gasteiger partial charge is 0.389 e. The van der Waals surface area contributed by atoms with Gasteiger partial charge in [0.2, 0.25) is 0 Å². The lowest BCUT2D eigenvalue weighted by molar-refractivity contribution is 0.0123. The van der Waals surface area contributed by atoms with Crippen molar-refractivity contribution in [2.75, 3.05) is 19.6 Å². The van der Waals surface area contributed by atoms with Gasteiger partial charge < -0.3 is 9.74 Å². The summed E-state index contributed by atoms with van der Waals surface area (Å²) in [6.45, 7) is 10.9. The van der Waals surface area contributed by atoms with Gasteiger partial charge in [-0.2, -0.15) is 0 Å². The second-order valence-corrected chi connectivity index (χ2v) is 12.0. The van der Waals surface area contributed by atoms with Crippen molar-refractivity contribution >= 4 is 15.5 Å². The van der Waals surface area contributed by atoms with E-state index in [9.17, 15) is 8.42 Å². The molecule has 0 radical (unpaired) electrons. The Morgan fingerprint density at radius 1 is 1.25 bits per heavy atom. The second kappa shape index (κ2) is 8.15. The van der Waals surface area contributed by atoms with Gasteiger partial charge in [-0.1, -0.05) is 23.4 Å². The SMILES string of the molecule is CC1(C)CC(C2CCCN(CCCC(C)(C)S(=O)(=O)c3ccccc3)C2)=NO1. The average Bonchev–Trinajstić information content (AvgIpc) is 3.02. The fraction of sp³-hybridized carbons (Fsp3) is 0.682. The summed E-state index contributed by atoms with van der Waals surface area (Å²) in [6, 6.07) is 8.80. The highest BCUT2D eigenvalue weighted by Crippen LogP contribution is 2.31. The molecule has 1 unspecified atom stereocenters. The van der Waals surface area contributed by atoms with Gasteiger partial charge in [0.1, 0.15) is 5.60 Å². The molecule has 1 aromatic carbocycles. The van der Waals surface area contributed by atoms with Crippen molar-refractivity contribution in [2.45, 2.75) is 75.0 Å². The summed E-state index contributed by atoms with van der Waals surface area (Å²) in [7, 11) is -3.33. The maximum absolute atomic E-state index is 13.0. The van der Waals surface area contributed by atoms with Gasteiger partial charge in [0.25, 0.3) is 0 Å². The van der Waals surface area contributed by atoms with Crippen molar-refractivity contribution in [2.24, 2.45) is 11.1 Å². The predicted octanol–water partition coefficient (Wildman–Crippen LogP) is 4.29. The van der Waals surface area contributed by atoms with Crippen LogP contribution in [0.25, 0.3) is 0 Å². The summed E-state index contributed by atoms with van der Waals surface area (Å²) >= 11 is 0. The summed E-state index contributed by atoms with van der Waals surface area (Å²) in [5.74, 6) is 0.469. The Balaban J connectivity index is 1.53. The Kier molecular flexibility index (Phi) is 6.20. The monoisotopic (exact) mass is 406 g/mol. The van der Waals surface area contributed by atoms with Gasteiger partial charge in [-0.25, -0.2) is 8.42 Å². The lowest BCUT2D eigenvalue weighted by Gasteiger charge is -2.33. The summed E-state index contributed by atoms with van der Waals surface area (Å²) < 4.78 is 25.2. The van der Waals surface area contributed by atoms with Gasteiger partial charge in [0, 0.05) is 18.9 Å². The molecular formula is C22H34N2O3S. The third-order valence-corrected chi connectivity index (χ3v) is 8.58. The van der Waals surface area contributed by atoms with Gasteiger partial charge in [0.05, 0.1) is 15.4 Å². The first-order valence-electron chi connectivity index (χ1n) is 10.4. The van der Waals surface area contributed by atoms with Crippen molar-refractivity contribution in [3.63, 3.8) is 0 Å². The first-order chi connectivity index (χ1) is 13.1. The third kappa shape index (κ3) is 4.77. The third-order valence-electron chi connectivity index (χ3n) is 6.03. The molecule has 3 rings (SSSR count). The van der Waals surface area contributed by atoms with Crippen molar-refractivity contribution in [3.05, 3.63) is 30.3 Å². The highest BCUT2D eigenvalue weighted by Gasteiger charge is 2.36. The molecule has 0 bridgehead atoms. The zero-order valence-electron chi connectivity index (χ0n) is 17.6. The molecule has 1 saturated heterocycles. The number of hydrogen-bond donors (Lipinski definition) is 0. The number of benzene rings is 1. The number of nitrogens with zero attached hydrogens (tertiary/aromatic N) is 2. The number of piperidine rings is 1. The first-order valence-corrected chi connectivity index (χ1v) is 11.9. The summed E-state index contributed by atoms with van der Waals surface area (Å²) in [6.07, 6.45) is 4.77. The molecule has 6 heteroatoms. The van der Waals surface area contributed by atoms with Crippen LogP contribution >= 0.6 is 0 Å². The molecule has 0 spiro atoms. The van der Waals surface area contributed by atoms with Gasteiger partial charge in [0.15, 0.2) is 9.84 Å². The van der Waals surface area contributed by atoms with E-state index >= 15 is 0 Å². The molecule has 1 atom stereocenters. The van der Waals surface area contributed by atoms with Crippen LogP contribution < -0.4 is 0 Å². The van der Waals surface area contributed by atoms with Gasteiger partial charge in [-0.05, 0) is 78.6 Å². The quantitative estimate of drug-likeness (QED) is 0.678.